The van der Waals surface area contributed by atoms with Gasteiger partial charge in [0.1, 0.15) is 0 Å². The Balaban J connectivity index is 3.25. The van der Waals surface area contributed by atoms with E-state index in [4.69, 9.17) is 0 Å². The maximum absolute atomic E-state index is 2.94. The molecule has 0 amide bonds. The van der Waals surface area contributed by atoms with Gasteiger partial charge in [0, 0.05) is 0 Å². The second-order valence-electron chi connectivity index (χ2n) is 8.94. The Hall–Kier alpha value is 0.679. The molecule has 0 bridgehead atoms. The summed E-state index contributed by atoms with van der Waals surface area (Å²) in [7, 11) is 0. The Morgan fingerprint density at radius 2 is 1.18 bits per heavy atom. The minimum absolute atomic E-state index is 0.273. The molecule has 1 aliphatic rings. The molecule has 1 rings (SSSR count). The van der Waals surface area contributed by atoms with Gasteiger partial charge < -0.3 is 0 Å². The van der Waals surface area contributed by atoms with Gasteiger partial charge in [0.15, 0.2) is 0 Å². The molecule has 0 saturated carbocycles. The van der Waals surface area contributed by atoms with Gasteiger partial charge in [-0.1, -0.05) is 0 Å². The predicted octanol–water partition coefficient (Wildman–Crippen LogP) is 4.43. The predicted molar refractivity (Wildman–Crippen MR) is 99.7 cm³/mol. The standard InChI is InChI=1S/C10H22N2.C8H18N.Sn/c1-8(11-9(2,3)4)12-10(5,6)7;1-5-7(3)9-8(4)6-2;/h8H,1-7H3;7-8H,5-6H2,1-4H3;/q-2;-1;+3. The fourth-order valence-corrected chi connectivity index (χ4v) is 14.6. The van der Waals surface area contributed by atoms with Gasteiger partial charge in [-0.25, -0.2) is 0 Å². The van der Waals surface area contributed by atoms with E-state index in [1.807, 2.05) is 0 Å². The Bertz CT molecular complexity index is 326. The van der Waals surface area contributed by atoms with E-state index in [-0.39, 0.29) is 11.1 Å². The number of nitrogens with zero attached hydrogens (tertiary/aromatic N) is 3. The van der Waals surface area contributed by atoms with Crippen LogP contribution in [-0.2, 0) is 0 Å². The molecule has 22 heavy (non-hydrogen) atoms. The van der Waals surface area contributed by atoms with Crippen molar-refractivity contribution in [3.8, 4) is 0 Å². The van der Waals surface area contributed by atoms with Crippen LogP contribution in [0, 0.1) is 0 Å². The summed E-state index contributed by atoms with van der Waals surface area (Å²) in [4.78, 5) is 0. The molecular weight excluding hydrogens is 377 g/mol. The van der Waals surface area contributed by atoms with E-state index in [2.05, 4.69) is 85.5 Å². The molecule has 0 aromatic carbocycles. The van der Waals surface area contributed by atoms with Crippen molar-refractivity contribution in [3.05, 3.63) is 0 Å². The van der Waals surface area contributed by atoms with Crippen LogP contribution in [0.5, 0.6) is 0 Å². The van der Waals surface area contributed by atoms with Crippen LogP contribution in [0.25, 0.3) is 0 Å². The molecular formula is C18H40N3Sn. The third-order valence-corrected chi connectivity index (χ3v) is 17.2. The van der Waals surface area contributed by atoms with E-state index >= 15 is 0 Å². The summed E-state index contributed by atoms with van der Waals surface area (Å²) >= 11 is -2.01. The van der Waals surface area contributed by atoms with Crippen molar-refractivity contribution in [2.75, 3.05) is 0 Å². The van der Waals surface area contributed by atoms with Crippen LogP contribution in [0.3, 0.4) is 0 Å². The van der Waals surface area contributed by atoms with Gasteiger partial charge in [-0.2, -0.15) is 0 Å². The van der Waals surface area contributed by atoms with E-state index < -0.39 is 20.6 Å². The Kier molecular flexibility index (Phi) is 6.86. The summed E-state index contributed by atoms with van der Waals surface area (Å²) in [5.41, 5.74) is 0.546. The van der Waals surface area contributed by atoms with Crippen molar-refractivity contribution in [1.82, 2.24) is 9.36 Å². The zero-order valence-corrected chi connectivity index (χ0v) is 19.8. The molecule has 2 atom stereocenters. The molecule has 0 N–H and O–H groups in total. The Morgan fingerprint density at radius 1 is 0.864 bits per heavy atom. The third-order valence-electron chi connectivity index (χ3n) is 4.99. The molecule has 1 fully saturated rings. The molecule has 3 nitrogen and oxygen atoms in total. The van der Waals surface area contributed by atoms with Gasteiger partial charge in [-0.05, 0) is 0 Å². The van der Waals surface area contributed by atoms with E-state index in [1.165, 1.54) is 12.8 Å². The van der Waals surface area contributed by atoms with Crippen LogP contribution < -0.4 is 0 Å². The van der Waals surface area contributed by atoms with E-state index in [0.29, 0.717) is 18.2 Å². The second-order valence-corrected chi connectivity index (χ2v) is 14.9. The summed E-state index contributed by atoms with van der Waals surface area (Å²) in [6.45, 7) is 26.4. The van der Waals surface area contributed by atoms with Gasteiger partial charge in [0.25, 0.3) is 0 Å². The van der Waals surface area contributed by atoms with Crippen molar-refractivity contribution >= 4 is 20.6 Å². The van der Waals surface area contributed by atoms with Crippen molar-refractivity contribution in [1.29, 1.82) is 0 Å². The van der Waals surface area contributed by atoms with E-state index in [1.54, 1.807) is 0 Å². The molecule has 0 aromatic rings. The topological polar surface area (TPSA) is 9.72 Å². The monoisotopic (exact) mass is 418 g/mol. The fourth-order valence-electron chi connectivity index (χ4n) is 3.70. The van der Waals surface area contributed by atoms with Crippen molar-refractivity contribution in [2.24, 2.45) is 0 Å². The number of rotatable bonds is 5. The fraction of sp³-hybridized carbons (Fsp3) is 1.00. The average molecular weight is 417 g/mol. The molecule has 1 saturated heterocycles. The van der Waals surface area contributed by atoms with Crippen molar-refractivity contribution in [2.45, 2.75) is 118 Å². The summed E-state index contributed by atoms with van der Waals surface area (Å²) < 4.78 is 8.72. The van der Waals surface area contributed by atoms with Crippen LogP contribution in [-0.4, -0.2) is 59.3 Å². The first-order valence-electron chi connectivity index (χ1n) is 9.11. The molecule has 0 aliphatic carbocycles. The number of hydrogen-bond donors (Lipinski definition) is 0. The molecule has 131 valence electrons. The zero-order chi connectivity index (χ0) is 17.5. The summed E-state index contributed by atoms with van der Waals surface area (Å²) in [5, 5.41) is 0. The van der Waals surface area contributed by atoms with Gasteiger partial charge in [0.05, 0.1) is 0 Å². The van der Waals surface area contributed by atoms with Crippen molar-refractivity contribution in [3.63, 3.8) is 0 Å². The quantitative estimate of drug-likeness (QED) is 0.613. The Morgan fingerprint density at radius 3 is 1.41 bits per heavy atom. The molecule has 0 spiro atoms. The molecule has 0 aromatic heterocycles. The summed E-state index contributed by atoms with van der Waals surface area (Å²) in [5.74, 6) is 0. The van der Waals surface area contributed by atoms with Gasteiger partial charge in [-0.15, -0.1) is 0 Å². The first kappa shape index (κ1) is 20.7. The van der Waals surface area contributed by atoms with Crippen LogP contribution in [0.15, 0.2) is 0 Å². The average Bonchev–Trinajstić information content (AvgIpc) is 2.33. The molecule has 1 aliphatic heterocycles. The molecule has 1 heterocycles. The van der Waals surface area contributed by atoms with Crippen molar-refractivity contribution < 1.29 is 0 Å². The van der Waals surface area contributed by atoms with Gasteiger partial charge >= 0.3 is 148 Å². The van der Waals surface area contributed by atoms with Crippen LogP contribution >= 0.6 is 0 Å². The Labute approximate surface area is 148 Å². The SMILES string of the molecule is CCC(C)[N](C(C)CC)[Sn]1[N](C(C)(C)C)C(C)[N]1C(C)(C)C. The third kappa shape index (κ3) is 4.01. The minimum atomic E-state index is -2.01. The second kappa shape index (κ2) is 7.28. The first-order chi connectivity index (χ1) is 9.87. The molecule has 1 radical (unpaired) electrons. The first-order valence-corrected chi connectivity index (χ1v) is 12.9. The normalized spacial score (nSPS) is 22.9. The maximum atomic E-state index is 2.94. The number of hydrogen-bond acceptors (Lipinski definition) is 3. The van der Waals surface area contributed by atoms with Crippen LogP contribution in [0.1, 0.15) is 89.0 Å². The van der Waals surface area contributed by atoms with E-state index in [9.17, 15) is 0 Å². The van der Waals surface area contributed by atoms with Gasteiger partial charge in [-0.3, -0.25) is 0 Å². The summed E-state index contributed by atoms with van der Waals surface area (Å²) in [6, 6.07) is 1.37. The molecule has 2 unspecified atom stereocenters. The van der Waals surface area contributed by atoms with Crippen LogP contribution in [0.2, 0.25) is 0 Å². The van der Waals surface area contributed by atoms with Gasteiger partial charge in [0.2, 0.25) is 0 Å². The van der Waals surface area contributed by atoms with E-state index in [0.717, 1.165) is 0 Å². The van der Waals surface area contributed by atoms with Crippen LogP contribution in [0.4, 0.5) is 0 Å². The zero-order valence-electron chi connectivity index (χ0n) is 17.0. The summed E-state index contributed by atoms with van der Waals surface area (Å²) in [6.07, 6.45) is 3.07. The molecule has 4 heteroatoms.